The van der Waals surface area contributed by atoms with Crippen LogP contribution >= 0.6 is 11.3 Å². The predicted octanol–water partition coefficient (Wildman–Crippen LogP) is 3.25. The van der Waals surface area contributed by atoms with Gasteiger partial charge in [0.2, 0.25) is 0 Å². The first kappa shape index (κ1) is 19.1. The lowest BCUT2D eigenvalue weighted by molar-refractivity contribution is -0.384. The van der Waals surface area contributed by atoms with E-state index in [9.17, 15) is 19.7 Å². The quantitative estimate of drug-likeness (QED) is 0.344. The van der Waals surface area contributed by atoms with Gasteiger partial charge in [0.25, 0.3) is 11.6 Å². The molecule has 0 fully saturated rings. The zero-order chi connectivity index (χ0) is 19.1. The summed E-state index contributed by atoms with van der Waals surface area (Å²) in [6, 6.07) is 7.68. The summed E-state index contributed by atoms with van der Waals surface area (Å²) in [4.78, 5) is 35.3. The first-order chi connectivity index (χ1) is 12.4. The minimum atomic E-state index is -1.13. The van der Waals surface area contributed by atoms with Crippen molar-refractivity contribution in [3.63, 3.8) is 0 Å². The minimum Gasteiger partial charge on any atom is -0.496 e. The molecule has 0 unspecified atom stereocenters. The highest BCUT2D eigenvalue weighted by atomic mass is 32.1. The van der Waals surface area contributed by atoms with Crippen molar-refractivity contribution in [2.75, 3.05) is 12.4 Å². The van der Waals surface area contributed by atoms with Gasteiger partial charge in [-0.3, -0.25) is 14.9 Å². The zero-order valence-electron chi connectivity index (χ0n) is 14.0. The Bertz CT molecular complexity index is 832. The number of hydrogen-bond donors (Lipinski definition) is 1. The summed E-state index contributed by atoms with van der Waals surface area (Å²) < 4.78 is 9.93. The normalized spacial score (nSPS) is 11.8. The largest absolute Gasteiger partial charge is 0.496 e. The van der Waals surface area contributed by atoms with E-state index in [2.05, 4.69) is 5.32 Å². The lowest BCUT2D eigenvalue weighted by atomic mass is 10.2. The number of methoxy groups -OCH3 is 1. The van der Waals surface area contributed by atoms with Crippen LogP contribution in [0.2, 0.25) is 0 Å². The Labute approximate surface area is 153 Å². The van der Waals surface area contributed by atoms with E-state index < -0.39 is 22.9 Å². The van der Waals surface area contributed by atoms with Crippen LogP contribution in [0.5, 0.6) is 5.75 Å². The standard InChI is InChI=1S/C17H16N2O6S/c1-11(25-16(20)8-6-13-4-3-9-26-13)17(21)18-14-7-5-12(24-2)10-15(14)19(22)23/h3-11H,1-2H3,(H,18,21)/b8-6+/t11-/m0/s1. The second-order valence-corrected chi connectivity index (χ2v) is 6.04. The highest BCUT2D eigenvalue weighted by Crippen LogP contribution is 2.29. The fraction of sp³-hybridized carbons (Fsp3) is 0.176. The fourth-order valence-electron chi connectivity index (χ4n) is 1.93. The monoisotopic (exact) mass is 376 g/mol. The van der Waals surface area contributed by atoms with Crippen LogP contribution in [-0.4, -0.2) is 30.0 Å². The molecule has 1 heterocycles. The molecule has 1 aromatic carbocycles. The van der Waals surface area contributed by atoms with E-state index in [0.29, 0.717) is 0 Å². The van der Waals surface area contributed by atoms with Gasteiger partial charge in [0.15, 0.2) is 6.10 Å². The van der Waals surface area contributed by atoms with E-state index in [-0.39, 0.29) is 17.1 Å². The summed E-state index contributed by atoms with van der Waals surface area (Å²) in [5.41, 5.74) is -0.341. The van der Waals surface area contributed by atoms with E-state index in [1.54, 1.807) is 6.08 Å². The van der Waals surface area contributed by atoms with Gasteiger partial charge in [-0.1, -0.05) is 6.07 Å². The number of nitro groups is 1. The van der Waals surface area contributed by atoms with Gasteiger partial charge in [0, 0.05) is 11.0 Å². The molecule has 0 radical (unpaired) electrons. The van der Waals surface area contributed by atoms with E-state index in [4.69, 9.17) is 9.47 Å². The number of thiophene rings is 1. The fourth-order valence-corrected chi connectivity index (χ4v) is 2.55. The number of rotatable bonds is 7. The predicted molar refractivity (Wildman–Crippen MR) is 97.2 cm³/mol. The van der Waals surface area contributed by atoms with Crippen LogP contribution in [0.3, 0.4) is 0 Å². The molecule has 8 nitrogen and oxygen atoms in total. The number of carbonyl (C=O) groups is 2. The molecule has 26 heavy (non-hydrogen) atoms. The Morgan fingerprint density at radius 1 is 1.35 bits per heavy atom. The van der Waals surface area contributed by atoms with Crippen molar-refractivity contribution in [1.82, 2.24) is 0 Å². The molecule has 0 saturated heterocycles. The molecule has 0 aliphatic heterocycles. The van der Waals surface area contributed by atoms with Crippen LogP contribution in [0.25, 0.3) is 6.08 Å². The lowest BCUT2D eigenvalue weighted by Crippen LogP contribution is -2.29. The topological polar surface area (TPSA) is 108 Å². The molecule has 1 amide bonds. The molecule has 0 spiro atoms. The van der Waals surface area contributed by atoms with Gasteiger partial charge < -0.3 is 14.8 Å². The number of carbonyl (C=O) groups excluding carboxylic acids is 2. The van der Waals surface area contributed by atoms with Gasteiger partial charge in [-0.25, -0.2) is 4.79 Å². The molecule has 2 rings (SSSR count). The molecule has 0 aliphatic carbocycles. The van der Waals surface area contributed by atoms with E-state index in [1.165, 1.54) is 49.6 Å². The van der Waals surface area contributed by atoms with Crippen molar-refractivity contribution < 1.29 is 24.0 Å². The van der Waals surface area contributed by atoms with Gasteiger partial charge >= 0.3 is 5.97 Å². The van der Waals surface area contributed by atoms with Crippen molar-refractivity contribution in [2.45, 2.75) is 13.0 Å². The maximum atomic E-state index is 12.1. The average Bonchev–Trinajstić information content (AvgIpc) is 3.13. The van der Waals surface area contributed by atoms with E-state index in [1.807, 2.05) is 17.5 Å². The first-order valence-corrected chi connectivity index (χ1v) is 8.34. The van der Waals surface area contributed by atoms with Gasteiger partial charge in [0.05, 0.1) is 18.1 Å². The smallest absolute Gasteiger partial charge is 0.331 e. The van der Waals surface area contributed by atoms with E-state index in [0.717, 1.165) is 4.88 Å². The maximum Gasteiger partial charge on any atom is 0.331 e. The SMILES string of the molecule is COc1ccc(NC(=O)[C@H](C)OC(=O)/C=C/c2cccs2)c([N+](=O)[O-])c1. The number of ether oxygens (including phenoxy) is 2. The van der Waals surface area contributed by atoms with Crippen LogP contribution in [0.4, 0.5) is 11.4 Å². The third-order valence-electron chi connectivity index (χ3n) is 3.25. The van der Waals surface area contributed by atoms with Crippen molar-refractivity contribution in [2.24, 2.45) is 0 Å². The van der Waals surface area contributed by atoms with Gasteiger partial charge in [0.1, 0.15) is 11.4 Å². The second-order valence-electron chi connectivity index (χ2n) is 5.06. The van der Waals surface area contributed by atoms with Crippen molar-refractivity contribution in [1.29, 1.82) is 0 Å². The van der Waals surface area contributed by atoms with Crippen molar-refractivity contribution in [3.05, 3.63) is 56.8 Å². The maximum absolute atomic E-state index is 12.1. The van der Waals surface area contributed by atoms with Crippen molar-refractivity contribution >= 4 is 40.7 Å². The molecule has 0 bridgehead atoms. The number of benzene rings is 1. The van der Waals surface area contributed by atoms with Crippen LogP contribution < -0.4 is 10.1 Å². The molecule has 1 N–H and O–H groups in total. The summed E-state index contributed by atoms with van der Waals surface area (Å²) in [7, 11) is 1.38. The third kappa shape index (κ3) is 5.15. The van der Waals surface area contributed by atoms with Gasteiger partial charge in [-0.05, 0) is 36.6 Å². The molecular weight excluding hydrogens is 360 g/mol. The van der Waals surface area contributed by atoms with E-state index >= 15 is 0 Å². The second kappa shape index (κ2) is 8.77. The molecule has 0 aliphatic rings. The number of amides is 1. The molecule has 2 aromatic rings. The van der Waals surface area contributed by atoms with Crippen LogP contribution in [0, 0.1) is 10.1 Å². The number of esters is 1. The lowest BCUT2D eigenvalue weighted by Gasteiger charge is -2.13. The first-order valence-electron chi connectivity index (χ1n) is 7.46. The number of nitrogens with zero attached hydrogens (tertiary/aromatic N) is 1. The Kier molecular flexibility index (Phi) is 6.45. The third-order valence-corrected chi connectivity index (χ3v) is 4.09. The Hall–Kier alpha value is -3.20. The van der Waals surface area contributed by atoms with Crippen LogP contribution in [0.15, 0.2) is 41.8 Å². The minimum absolute atomic E-state index is 0.0159. The number of anilines is 1. The summed E-state index contributed by atoms with van der Waals surface area (Å²) >= 11 is 1.45. The molecule has 1 aromatic heterocycles. The molecular formula is C17H16N2O6S. The molecule has 1 atom stereocenters. The van der Waals surface area contributed by atoms with Gasteiger partial charge in [-0.2, -0.15) is 0 Å². The number of nitro benzene ring substituents is 1. The molecule has 136 valence electrons. The summed E-state index contributed by atoms with van der Waals surface area (Å²) in [5, 5.41) is 15.4. The molecule has 0 saturated carbocycles. The summed E-state index contributed by atoms with van der Waals surface area (Å²) in [6.45, 7) is 1.38. The number of hydrogen-bond acceptors (Lipinski definition) is 7. The Balaban J connectivity index is 2.00. The Morgan fingerprint density at radius 3 is 2.73 bits per heavy atom. The van der Waals surface area contributed by atoms with Crippen LogP contribution in [-0.2, 0) is 14.3 Å². The van der Waals surface area contributed by atoms with Gasteiger partial charge in [-0.15, -0.1) is 11.3 Å². The summed E-state index contributed by atoms with van der Waals surface area (Å²) in [6.07, 6.45) is 1.66. The Morgan fingerprint density at radius 2 is 2.12 bits per heavy atom. The number of nitrogens with one attached hydrogen (secondary N) is 1. The van der Waals surface area contributed by atoms with Crippen molar-refractivity contribution in [3.8, 4) is 5.75 Å². The van der Waals surface area contributed by atoms with Crippen LogP contribution in [0.1, 0.15) is 11.8 Å². The highest BCUT2D eigenvalue weighted by molar-refractivity contribution is 7.10. The molecule has 9 heteroatoms. The zero-order valence-corrected chi connectivity index (χ0v) is 14.8. The summed E-state index contributed by atoms with van der Waals surface area (Å²) in [5.74, 6) is -1.09. The highest BCUT2D eigenvalue weighted by Gasteiger charge is 2.22. The average molecular weight is 376 g/mol.